The molecular weight excluding hydrogens is 343 g/mol. The summed E-state index contributed by atoms with van der Waals surface area (Å²) in [7, 11) is 2.71. The molecule has 1 aromatic carbocycles. The summed E-state index contributed by atoms with van der Waals surface area (Å²) in [6, 6.07) is 4.00. The fraction of sp³-hybridized carbons (Fsp3) is 0.500. The molecule has 6 nitrogen and oxygen atoms in total. The first kappa shape index (κ1) is 19.2. The Bertz CT molecular complexity index is 663. The molecule has 1 unspecified atom stereocenters. The number of hydrogen-bond donors (Lipinski definition) is 0. The quantitative estimate of drug-likeness (QED) is 0.594. The van der Waals surface area contributed by atoms with Crippen molar-refractivity contribution < 1.29 is 37.0 Å². The smallest absolute Gasteiger partial charge is 0.416 e. The summed E-state index contributed by atoms with van der Waals surface area (Å²) in [6.45, 7) is 1.23. The third-order valence-electron chi connectivity index (χ3n) is 4.23. The molecular formula is C16H18F3NO5. The lowest BCUT2D eigenvalue weighted by Crippen LogP contribution is -2.58. The predicted octanol–water partition coefficient (Wildman–Crippen LogP) is 2.08. The van der Waals surface area contributed by atoms with Crippen molar-refractivity contribution >= 4 is 11.9 Å². The van der Waals surface area contributed by atoms with Crippen molar-refractivity contribution in [1.29, 1.82) is 0 Å². The number of carbonyl (C=O) groups excluding carboxylic acids is 2. The van der Waals surface area contributed by atoms with Gasteiger partial charge in [0, 0.05) is 19.7 Å². The molecule has 0 N–H and O–H groups in total. The molecule has 1 aliphatic rings. The molecule has 1 aliphatic heterocycles. The second-order valence-electron chi connectivity index (χ2n) is 5.75. The van der Waals surface area contributed by atoms with E-state index in [9.17, 15) is 22.8 Å². The van der Waals surface area contributed by atoms with Gasteiger partial charge < -0.3 is 19.1 Å². The van der Waals surface area contributed by atoms with Gasteiger partial charge in [-0.1, -0.05) is 6.07 Å². The Labute approximate surface area is 142 Å². The summed E-state index contributed by atoms with van der Waals surface area (Å²) in [4.78, 5) is 25.8. The maximum absolute atomic E-state index is 12.8. The minimum atomic E-state index is -4.57. The highest BCUT2D eigenvalue weighted by Crippen LogP contribution is 2.32. The van der Waals surface area contributed by atoms with Crippen LogP contribution in [0.2, 0.25) is 0 Å². The summed E-state index contributed by atoms with van der Waals surface area (Å²) in [5.41, 5.74) is -2.62. The summed E-state index contributed by atoms with van der Waals surface area (Å²) >= 11 is 0. The molecule has 2 atom stereocenters. The van der Waals surface area contributed by atoms with Gasteiger partial charge in [-0.2, -0.15) is 13.2 Å². The van der Waals surface area contributed by atoms with Crippen LogP contribution in [0.1, 0.15) is 22.8 Å². The van der Waals surface area contributed by atoms with Crippen molar-refractivity contribution in [2.45, 2.75) is 24.7 Å². The zero-order valence-electron chi connectivity index (χ0n) is 13.9. The molecule has 0 aliphatic carbocycles. The van der Waals surface area contributed by atoms with Crippen molar-refractivity contribution in [3.8, 4) is 0 Å². The molecule has 1 saturated heterocycles. The average molecular weight is 361 g/mol. The number of amides is 1. The average Bonchev–Trinajstić information content (AvgIpc) is 2.87. The number of hydrogen-bond acceptors (Lipinski definition) is 5. The first-order valence-electron chi connectivity index (χ1n) is 7.35. The number of carbonyl (C=O) groups is 2. The van der Waals surface area contributed by atoms with Gasteiger partial charge in [-0.3, -0.25) is 4.79 Å². The standard InChI is InChI=1S/C16H18F3NO5/c1-15(12(25-9-23-3)8-24-14(15)22)20(2)13(21)10-5-4-6-11(7-10)16(17,18)19/h4-7,12H,8-9H2,1-3H3/t12-,15?/m0/s1. The van der Waals surface area contributed by atoms with Gasteiger partial charge in [0.1, 0.15) is 19.5 Å². The van der Waals surface area contributed by atoms with Gasteiger partial charge in [0.25, 0.3) is 5.91 Å². The number of ether oxygens (including phenoxy) is 3. The Balaban J connectivity index is 2.30. The van der Waals surface area contributed by atoms with Gasteiger partial charge in [-0.25, -0.2) is 4.79 Å². The van der Waals surface area contributed by atoms with Crippen molar-refractivity contribution in [3.63, 3.8) is 0 Å². The Morgan fingerprint density at radius 3 is 2.72 bits per heavy atom. The van der Waals surface area contributed by atoms with Crippen LogP contribution in [0.4, 0.5) is 13.2 Å². The van der Waals surface area contributed by atoms with E-state index in [1.807, 2.05) is 0 Å². The lowest BCUT2D eigenvalue weighted by Gasteiger charge is -2.35. The minimum absolute atomic E-state index is 0.0844. The largest absolute Gasteiger partial charge is 0.461 e. The first-order valence-corrected chi connectivity index (χ1v) is 7.35. The highest BCUT2D eigenvalue weighted by atomic mass is 19.4. The van der Waals surface area contributed by atoms with E-state index >= 15 is 0 Å². The summed E-state index contributed by atoms with van der Waals surface area (Å²) < 4.78 is 53.7. The van der Waals surface area contributed by atoms with Crippen LogP contribution in [-0.4, -0.2) is 56.0 Å². The van der Waals surface area contributed by atoms with Crippen LogP contribution >= 0.6 is 0 Å². The van der Waals surface area contributed by atoms with Gasteiger partial charge >= 0.3 is 12.1 Å². The van der Waals surface area contributed by atoms with E-state index in [4.69, 9.17) is 14.2 Å². The van der Waals surface area contributed by atoms with Crippen LogP contribution < -0.4 is 0 Å². The second kappa shape index (κ2) is 7.01. The maximum Gasteiger partial charge on any atom is 0.416 e. The zero-order valence-corrected chi connectivity index (χ0v) is 13.9. The Morgan fingerprint density at radius 1 is 1.44 bits per heavy atom. The normalized spacial score (nSPS) is 23.4. The number of methoxy groups -OCH3 is 1. The molecule has 1 heterocycles. The molecule has 1 amide bonds. The van der Waals surface area contributed by atoms with E-state index in [-0.39, 0.29) is 19.0 Å². The van der Waals surface area contributed by atoms with Crippen molar-refractivity contribution in [2.24, 2.45) is 0 Å². The van der Waals surface area contributed by atoms with Gasteiger partial charge in [-0.05, 0) is 25.1 Å². The third-order valence-corrected chi connectivity index (χ3v) is 4.23. The fourth-order valence-corrected chi connectivity index (χ4v) is 2.54. The number of nitrogens with zero attached hydrogens (tertiary/aromatic N) is 1. The molecule has 0 bridgehead atoms. The van der Waals surface area contributed by atoms with Crippen molar-refractivity contribution in [3.05, 3.63) is 35.4 Å². The predicted molar refractivity (Wildman–Crippen MR) is 79.7 cm³/mol. The van der Waals surface area contributed by atoms with E-state index in [0.29, 0.717) is 0 Å². The summed E-state index contributed by atoms with van der Waals surface area (Å²) in [6.07, 6.45) is -5.38. The van der Waals surface area contributed by atoms with Gasteiger partial charge in [-0.15, -0.1) is 0 Å². The van der Waals surface area contributed by atoms with Crippen LogP contribution in [0.3, 0.4) is 0 Å². The van der Waals surface area contributed by atoms with E-state index in [0.717, 1.165) is 23.1 Å². The second-order valence-corrected chi connectivity index (χ2v) is 5.75. The Morgan fingerprint density at radius 2 is 2.12 bits per heavy atom. The molecule has 2 rings (SSSR count). The first-order chi connectivity index (χ1) is 11.6. The third kappa shape index (κ3) is 3.62. The highest BCUT2D eigenvalue weighted by molar-refractivity contribution is 5.98. The molecule has 1 fully saturated rings. The SMILES string of the molecule is COCO[C@H]1COC(=O)C1(C)N(C)C(=O)c1cccc(C(F)(F)F)c1. The minimum Gasteiger partial charge on any atom is -0.461 e. The van der Waals surface area contributed by atoms with Crippen LogP contribution in [-0.2, 0) is 25.2 Å². The molecule has 138 valence electrons. The maximum atomic E-state index is 12.8. The molecule has 0 radical (unpaired) electrons. The highest BCUT2D eigenvalue weighted by Gasteiger charge is 2.54. The van der Waals surface area contributed by atoms with E-state index < -0.39 is 35.3 Å². The number of benzene rings is 1. The van der Waals surface area contributed by atoms with E-state index in [1.54, 1.807) is 0 Å². The van der Waals surface area contributed by atoms with Gasteiger partial charge in [0.2, 0.25) is 0 Å². The lowest BCUT2D eigenvalue weighted by molar-refractivity contribution is -0.148. The topological polar surface area (TPSA) is 65.1 Å². The molecule has 1 aromatic rings. The van der Waals surface area contributed by atoms with Gasteiger partial charge in [0.05, 0.1) is 5.56 Å². The molecule has 25 heavy (non-hydrogen) atoms. The van der Waals surface area contributed by atoms with Crippen LogP contribution in [0.25, 0.3) is 0 Å². The monoisotopic (exact) mass is 361 g/mol. The number of alkyl halides is 3. The Hall–Kier alpha value is -2.13. The number of likely N-dealkylation sites (N-methyl/N-ethyl adjacent to an activating group) is 1. The Kier molecular flexibility index (Phi) is 5.38. The number of esters is 1. The number of rotatable bonds is 5. The van der Waals surface area contributed by atoms with Crippen LogP contribution in [0.5, 0.6) is 0 Å². The van der Waals surface area contributed by atoms with Crippen molar-refractivity contribution in [2.75, 3.05) is 27.6 Å². The molecule has 9 heteroatoms. The van der Waals surface area contributed by atoms with Crippen LogP contribution in [0.15, 0.2) is 24.3 Å². The van der Waals surface area contributed by atoms with Gasteiger partial charge in [0.15, 0.2) is 5.54 Å². The lowest BCUT2D eigenvalue weighted by atomic mass is 9.94. The number of cyclic esters (lactones) is 1. The molecule has 0 saturated carbocycles. The molecule has 0 aromatic heterocycles. The zero-order chi connectivity index (χ0) is 18.8. The number of halogens is 3. The van der Waals surface area contributed by atoms with E-state index in [2.05, 4.69) is 0 Å². The van der Waals surface area contributed by atoms with Crippen molar-refractivity contribution in [1.82, 2.24) is 4.90 Å². The van der Waals surface area contributed by atoms with Crippen LogP contribution in [0, 0.1) is 0 Å². The fourth-order valence-electron chi connectivity index (χ4n) is 2.54. The molecule has 0 spiro atoms. The summed E-state index contributed by atoms with van der Waals surface area (Å²) in [5.74, 6) is -1.45. The summed E-state index contributed by atoms with van der Waals surface area (Å²) in [5, 5.41) is 0. The van der Waals surface area contributed by atoms with E-state index in [1.165, 1.54) is 27.1 Å².